The Balaban J connectivity index is 2.35. The average Bonchev–Trinajstić information content (AvgIpc) is 2.06. The van der Waals surface area contributed by atoms with Crippen molar-refractivity contribution in [1.82, 2.24) is 5.32 Å². The van der Waals surface area contributed by atoms with Crippen molar-refractivity contribution in [3.05, 3.63) is 0 Å². The summed E-state index contributed by atoms with van der Waals surface area (Å²) in [6, 6.07) is 0.407. The van der Waals surface area contributed by atoms with Crippen molar-refractivity contribution in [1.29, 1.82) is 0 Å². The molecule has 0 spiro atoms. The summed E-state index contributed by atoms with van der Waals surface area (Å²) in [4.78, 5) is 0. The van der Waals surface area contributed by atoms with E-state index in [1.165, 1.54) is 12.8 Å². The number of nitrogens with one attached hydrogen (secondary N) is 1. The maximum Gasteiger partial charge on any atom is 0.123 e. The van der Waals surface area contributed by atoms with Crippen molar-refractivity contribution in [2.45, 2.75) is 44.2 Å². The molecule has 2 nitrogen and oxygen atoms in total. The van der Waals surface area contributed by atoms with E-state index in [9.17, 15) is 5.11 Å². The van der Waals surface area contributed by atoms with Crippen molar-refractivity contribution in [3.8, 4) is 12.3 Å². The molecule has 0 amide bonds. The third-order valence-corrected chi connectivity index (χ3v) is 2.37. The van der Waals surface area contributed by atoms with Crippen molar-refractivity contribution in [3.63, 3.8) is 0 Å². The van der Waals surface area contributed by atoms with E-state index in [0.29, 0.717) is 12.5 Å². The predicted molar refractivity (Wildman–Crippen MR) is 49.7 cm³/mol. The van der Waals surface area contributed by atoms with Gasteiger partial charge in [0.1, 0.15) is 5.60 Å². The smallest absolute Gasteiger partial charge is 0.123 e. The van der Waals surface area contributed by atoms with E-state index in [0.717, 1.165) is 13.0 Å². The minimum Gasteiger partial charge on any atom is -0.378 e. The van der Waals surface area contributed by atoms with Gasteiger partial charge in [-0.05, 0) is 26.3 Å². The summed E-state index contributed by atoms with van der Waals surface area (Å²) >= 11 is 0. The van der Waals surface area contributed by atoms with Gasteiger partial charge in [-0.2, -0.15) is 0 Å². The third kappa shape index (κ3) is 2.84. The Morgan fingerprint density at radius 2 is 2.42 bits per heavy atom. The second-order valence-electron chi connectivity index (χ2n) is 3.77. The minimum atomic E-state index is -0.936. The Bertz CT molecular complexity index is 175. The summed E-state index contributed by atoms with van der Waals surface area (Å²) in [6.07, 6.45) is 9.50. The first kappa shape index (κ1) is 9.57. The molecule has 0 aromatic carbocycles. The molecule has 1 saturated heterocycles. The second kappa shape index (κ2) is 3.93. The molecule has 2 heteroatoms. The molecule has 1 rings (SSSR count). The number of terminal acetylenes is 1. The first-order valence-electron chi connectivity index (χ1n) is 4.57. The van der Waals surface area contributed by atoms with E-state index in [2.05, 4.69) is 11.2 Å². The van der Waals surface area contributed by atoms with Gasteiger partial charge in [0.2, 0.25) is 0 Å². The summed E-state index contributed by atoms with van der Waals surface area (Å²) in [5.74, 6) is 2.40. The maximum absolute atomic E-state index is 9.60. The fourth-order valence-corrected chi connectivity index (χ4v) is 1.64. The molecule has 1 fully saturated rings. The Hall–Kier alpha value is -0.520. The third-order valence-electron chi connectivity index (χ3n) is 2.37. The van der Waals surface area contributed by atoms with E-state index in [-0.39, 0.29) is 0 Å². The molecule has 0 aromatic rings. The van der Waals surface area contributed by atoms with Crippen LogP contribution in [0, 0.1) is 12.3 Å². The molecule has 1 aliphatic heterocycles. The monoisotopic (exact) mass is 167 g/mol. The van der Waals surface area contributed by atoms with E-state index < -0.39 is 5.60 Å². The van der Waals surface area contributed by atoms with Crippen LogP contribution in [0.25, 0.3) is 0 Å². The van der Waals surface area contributed by atoms with Crippen LogP contribution < -0.4 is 5.32 Å². The van der Waals surface area contributed by atoms with Crippen molar-refractivity contribution < 1.29 is 5.11 Å². The highest BCUT2D eigenvalue weighted by Gasteiger charge is 2.23. The highest BCUT2D eigenvalue weighted by Crippen LogP contribution is 2.17. The number of aliphatic hydroxyl groups is 1. The van der Waals surface area contributed by atoms with Crippen molar-refractivity contribution >= 4 is 0 Å². The van der Waals surface area contributed by atoms with Crippen LogP contribution in [0.2, 0.25) is 0 Å². The minimum absolute atomic E-state index is 0.407. The van der Waals surface area contributed by atoms with Crippen LogP contribution >= 0.6 is 0 Å². The molecule has 2 unspecified atom stereocenters. The lowest BCUT2D eigenvalue weighted by Gasteiger charge is -2.28. The Morgan fingerprint density at radius 1 is 1.67 bits per heavy atom. The number of hydrogen-bond donors (Lipinski definition) is 2. The van der Waals surface area contributed by atoms with E-state index in [1.807, 2.05) is 0 Å². The molecule has 2 atom stereocenters. The number of rotatable bonds is 2. The van der Waals surface area contributed by atoms with Gasteiger partial charge in [0.15, 0.2) is 0 Å². The highest BCUT2D eigenvalue weighted by molar-refractivity contribution is 5.06. The fourth-order valence-electron chi connectivity index (χ4n) is 1.64. The molecule has 2 N–H and O–H groups in total. The zero-order chi connectivity index (χ0) is 9.03. The number of hydrogen-bond acceptors (Lipinski definition) is 2. The Morgan fingerprint density at radius 3 is 2.92 bits per heavy atom. The summed E-state index contributed by atoms with van der Waals surface area (Å²) in [6.45, 7) is 2.76. The standard InChI is InChI=1S/C10H17NO/c1-3-10(2,12)8-9-6-4-5-7-11-9/h1,9,11-12H,4-8H2,2H3. The maximum atomic E-state index is 9.60. The molecule has 68 valence electrons. The second-order valence-corrected chi connectivity index (χ2v) is 3.77. The highest BCUT2D eigenvalue weighted by atomic mass is 16.3. The summed E-state index contributed by atoms with van der Waals surface area (Å²) < 4.78 is 0. The van der Waals surface area contributed by atoms with E-state index in [4.69, 9.17) is 6.42 Å². The predicted octanol–water partition coefficient (Wildman–Crippen LogP) is 0.903. The van der Waals surface area contributed by atoms with Crippen LogP contribution in [0.4, 0.5) is 0 Å². The van der Waals surface area contributed by atoms with Crippen LogP contribution in [0.15, 0.2) is 0 Å². The molecule has 12 heavy (non-hydrogen) atoms. The molecule has 0 saturated carbocycles. The zero-order valence-corrected chi connectivity index (χ0v) is 7.64. The molecule has 0 bridgehead atoms. The van der Waals surface area contributed by atoms with Gasteiger partial charge >= 0.3 is 0 Å². The van der Waals surface area contributed by atoms with Gasteiger partial charge in [-0.1, -0.05) is 12.3 Å². The summed E-state index contributed by atoms with van der Waals surface area (Å²) in [5.41, 5.74) is -0.936. The first-order valence-corrected chi connectivity index (χ1v) is 4.57. The van der Waals surface area contributed by atoms with Crippen LogP contribution in [-0.2, 0) is 0 Å². The van der Waals surface area contributed by atoms with Crippen LogP contribution in [0.1, 0.15) is 32.6 Å². The first-order chi connectivity index (χ1) is 5.64. The average molecular weight is 167 g/mol. The lowest BCUT2D eigenvalue weighted by molar-refractivity contribution is 0.0941. The van der Waals surface area contributed by atoms with Crippen molar-refractivity contribution in [2.75, 3.05) is 6.54 Å². The summed E-state index contributed by atoms with van der Waals surface area (Å²) in [7, 11) is 0. The van der Waals surface area contributed by atoms with Gasteiger partial charge in [0.05, 0.1) is 0 Å². The molecule has 1 aliphatic rings. The van der Waals surface area contributed by atoms with Gasteiger partial charge in [-0.25, -0.2) is 0 Å². The fraction of sp³-hybridized carbons (Fsp3) is 0.800. The van der Waals surface area contributed by atoms with Crippen LogP contribution in [0.5, 0.6) is 0 Å². The topological polar surface area (TPSA) is 32.3 Å². The quantitative estimate of drug-likeness (QED) is 0.599. The SMILES string of the molecule is C#CC(C)(O)CC1CCCCN1. The largest absolute Gasteiger partial charge is 0.378 e. The van der Waals surface area contributed by atoms with Crippen LogP contribution in [-0.4, -0.2) is 23.3 Å². The normalized spacial score (nSPS) is 28.9. The van der Waals surface area contributed by atoms with E-state index >= 15 is 0 Å². The molecule has 0 radical (unpaired) electrons. The van der Waals surface area contributed by atoms with Gasteiger partial charge in [0, 0.05) is 12.5 Å². The molecule has 0 aromatic heterocycles. The Kier molecular flexibility index (Phi) is 3.13. The number of piperidine rings is 1. The Labute approximate surface area is 74.4 Å². The molecule has 1 heterocycles. The lowest BCUT2D eigenvalue weighted by Crippen LogP contribution is -2.40. The van der Waals surface area contributed by atoms with E-state index in [1.54, 1.807) is 6.92 Å². The summed E-state index contributed by atoms with van der Waals surface area (Å²) in [5, 5.41) is 13.0. The van der Waals surface area contributed by atoms with Gasteiger partial charge in [-0.15, -0.1) is 6.42 Å². The lowest BCUT2D eigenvalue weighted by atomic mass is 9.92. The van der Waals surface area contributed by atoms with Gasteiger partial charge in [0.25, 0.3) is 0 Å². The van der Waals surface area contributed by atoms with Gasteiger partial charge < -0.3 is 10.4 Å². The molecular weight excluding hydrogens is 150 g/mol. The molecular formula is C10H17NO. The van der Waals surface area contributed by atoms with Gasteiger partial charge in [-0.3, -0.25) is 0 Å². The van der Waals surface area contributed by atoms with Crippen LogP contribution in [0.3, 0.4) is 0 Å². The zero-order valence-electron chi connectivity index (χ0n) is 7.64. The molecule has 0 aliphatic carbocycles. The van der Waals surface area contributed by atoms with Crippen molar-refractivity contribution in [2.24, 2.45) is 0 Å².